The summed E-state index contributed by atoms with van der Waals surface area (Å²) in [5.41, 5.74) is 0.827. The zero-order valence-electron chi connectivity index (χ0n) is 11.5. The third-order valence-electron chi connectivity index (χ3n) is 3.57. The third-order valence-corrected chi connectivity index (χ3v) is 3.82. The van der Waals surface area contributed by atoms with Crippen molar-refractivity contribution in [2.24, 2.45) is 0 Å². The van der Waals surface area contributed by atoms with Gasteiger partial charge in [-0.05, 0) is 30.5 Å². The smallest absolute Gasteiger partial charge is 0.223 e. The van der Waals surface area contributed by atoms with Gasteiger partial charge < -0.3 is 15.3 Å². The van der Waals surface area contributed by atoms with Crippen molar-refractivity contribution in [1.29, 1.82) is 0 Å². The van der Waals surface area contributed by atoms with Gasteiger partial charge in [0.05, 0.1) is 6.10 Å². The highest BCUT2D eigenvalue weighted by Gasteiger charge is 2.17. The van der Waals surface area contributed by atoms with Crippen LogP contribution >= 0.6 is 11.6 Å². The average Bonchev–Trinajstić information content (AvgIpc) is 2.98. The highest BCUT2D eigenvalue weighted by atomic mass is 35.5. The number of carbonyl (C=O) groups is 1. The minimum Gasteiger partial charge on any atom is -0.387 e. The van der Waals surface area contributed by atoms with Gasteiger partial charge in [-0.2, -0.15) is 0 Å². The second kappa shape index (κ2) is 7.62. The summed E-state index contributed by atoms with van der Waals surface area (Å²) in [6.45, 7) is 2.83. The molecular formula is C15H21ClN2O2. The first kappa shape index (κ1) is 15.3. The molecule has 1 unspecified atom stereocenters. The van der Waals surface area contributed by atoms with Gasteiger partial charge in [0.2, 0.25) is 5.91 Å². The first-order valence-electron chi connectivity index (χ1n) is 7.09. The molecule has 4 nitrogen and oxygen atoms in total. The van der Waals surface area contributed by atoms with E-state index >= 15 is 0 Å². The van der Waals surface area contributed by atoms with Gasteiger partial charge in [-0.15, -0.1) is 0 Å². The van der Waals surface area contributed by atoms with E-state index in [4.69, 9.17) is 11.6 Å². The molecular weight excluding hydrogens is 276 g/mol. The van der Waals surface area contributed by atoms with Gasteiger partial charge in [0, 0.05) is 37.6 Å². The molecule has 1 saturated heterocycles. The van der Waals surface area contributed by atoms with Crippen molar-refractivity contribution in [2.45, 2.75) is 25.4 Å². The van der Waals surface area contributed by atoms with E-state index in [9.17, 15) is 9.90 Å². The molecule has 1 fully saturated rings. The Kier molecular flexibility index (Phi) is 5.83. The van der Waals surface area contributed by atoms with Crippen LogP contribution in [-0.4, -0.2) is 42.1 Å². The molecule has 1 amide bonds. The minimum absolute atomic E-state index is 0.205. The van der Waals surface area contributed by atoms with E-state index < -0.39 is 6.10 Å². The van der Waals surface area contributed by atoms with Crippen LogP contribution in [0.3, 0.4) is 0 Å². The first-order valence-corrected chi connectivity index (χ1v) is 7.46. The Morgan fingerprint density at radius 2 is 1.95 bits per heavy atom. The number of rotatable bonds is 6. The van der Waals surface area contributed by atoms with Crippen LogP contribution in [0.15, 0.2) is 24.3 Å². The molecule has 1 heterocycles. The number of nitrogens with zero attached hydrogens (tertiary/aromatic N) is 1. The van der Waals surface area contributed by atoms with Crippen molar-refractivity contribution < 1.29 is 9.90 Å². The maximum absolute atomic E-state index is 11.8. The fraction of sp³-hybridized carbons (Fsp3) is 0.533. The zero-order valence-corrected chi connectivity index (χ0v) is 12.3. The molecule has 1 aliphatic rings. The summed E-state index contributed by atoms with van der Waals surface area (Å²) >= 11 is 5.80. The lowest BCUT2D eigenvalue weighted by Crippen LogP contribution is -2.31. The largest absolute Gasteiger partial charge is 0.387 e. The molecule has 1 aliphatic heterocycles. The second-order valence-electron chi connectivity index (χ2n) is 5.11. The number of hydrogen-bond acceptors (Lipinski definition) is 3. The van der Waals surface area contributed by atoms with E-state index in [1.807, 2.05) is 17.0 Å². The number of amides is 1. The van der Waals surface area contributed by atoms with Crippen molar-refractivity contribution >= 4 is 17.5 Å². The van der Waals surface area contributed by atoms with Crippen LogP contribution in [0.25, 0.3) is 0 Å². The van der Waals surface area contributed by atoms with Crippen molar-refractivity contribution in [2.75, 3.05) is 26.2 Å². The molecule has 1 aromatic rings. The Labute approximate surface area is 124 Å². The first-order chi connectivity index (χ1) is 9.66. The summed E-state index contributed by atoms with van der Waals surface area (Å²) in [5.74, 6) is 0.205. The van der Waals surface area contributed by atoms with Crippen LogP contribution in [0.4, 0.5) is 0 Å². The summed E-state index contributed by atoms with van der Waals surface area (Å²) in [6, 6.07) is 7.14. The van der Waals surface area contributed by atoms with Gasteiger partial charge in [0.25, 0.3) is 0 Å². The molecule has 0 spiro atoms. The number of nitrogens with one attached hydrogen (secondary N) is 1. The molecule has 2 rings (SSSR count). The highest BCUT2D eigenvalue weighted by Crippen LogP contribution is 2.15. The number of likely N-dealkylation sites (tertiary alicyclic amines) is 1. The molecule has 20 heavy (non-hydrogen) atoms. The SMILES string of the molecule is O=C(CCNCC(O)c1ccc(Cl)cc1)N1CCCC1. The number of halogens is 1. The van der Waals surface area contributed by atoms with Gasteiger partial charge in [0.15, 0.2) is 0 Å². The number of aliphatic hydroxyl groups is 1. The van der Waals surface area contributed by atoms with Crippen LogP contribution in [0.2, 0.25) is 5.02 Å². The fourth-order valence-electron chi connectivity index (χ4n) is 2.36. The Hall–Kier alpha value is -1.10. The summed E-state index contributed by atoms with van der Waals surface area (Å²) < 4.78 is 0. The highest BCUT2D eigenvalue weighted by molar-refractivity contribution is 6.30. The lowest BCUT2D eigenvalue weighted by atomic mass is 10.1. The van der Waals surface area contributed by atoms with Gasteiger partial charge >= 0.3 is 0 Å². The fourth-order valence-corrected chi connectivity index (χ4v) is 2.49. The quantitative estimate of drug-likeness (QED) is 0.789. The summed E-state index contributed by atoms with van der Waals surface area (Å²) in [4.78, 5) is 13.7. The summed E-state index contributed by atoms with van der Waals surface area (Å²) in [7, 11) is 0. The molecule has 1 aromatic carbocycles. The van der Waals surface area contributed by atoms with Crippen LogP contribution < -0.4 is 5.32 Å². The van der Waals surface area contributed by atoms with E-state index in [0.29, 0.717) is 24.5 Å². The minimum atomic E-state index is -0.575. The van der Waals surface area contributed by atoms with Gasteiger partial charge in [-0.1, -0.05) is 23.7 Å². The summed E-state index contributed by atoms with van der Waals surface area (Å²) in [5, 5.41) is 13.8. The third kappa shape index (κ3) is 4.47. The molecule has 0 radical (unpaired) electrons. The van der Waals surface area contributed by atoms with Crippen molar-refractivity contribution in [3.63, 3.8) is 0 Å². The van der Waals surface area contributed by atoms with Gasteiger partial charge in [-0.25, -0.2) is 0 Å². The molecule has 5 heteroatoms. The molecule has 1 atom stereocenters. The molecule has 110 valence electrons. The standard InChI is InChI=1S/C15H21ClN2O2/c16-13-5-3-12(4-6-13)14(19)11-17-8-7-15(20)18-9-1-2-10-18/h3-6,14,17,19H,1-2,7-11H2. The van der Waals surface area contributed by atoms with Crippen LogP contribution in [0.1, 0.15) is 30.9 Å². The van der Waals surface area contributed by atoms with E-state index in [1.165, 1.54) is 0 Å². The van der Waals surface area contributed by atoms with Crippen LogP contribution in [0, 0.1) is 0 Å². The number of aliphatic hydroxyl groups excluding tert-OH is 1. The monoisotopic (exact) mass is 296 g/mol. The molecule has 0 saturated carbocycles. The van der Waals surface area contributed by atoms with Gasteiger partial charge in [0.1, 0.15) is 0 Å². The van der Waals surface area contributed by atoms with Crippen molar-refractivity contribution in [3.8, 4) is 0 Å². The zero-order chi connectivity index (χ0) is 14.4. The Morgan fingerprint density at radius 3 is 2.60 bits per heavy atom. The Bertz CT molecular complexity index is 430. The molecule has 2 N–H and O–H groups in total. The molecule has 0 aromatic heterocycles. The van der Waals surface area contributed by atoms with Gasteiger partial charge in [-0.3, -0.25) is 4.79 Å². The van der Waals surface area contributed by atoms with E-state index in [-0.39, 0.29) is 5.91 Å². The van der Waals surface area contributed by atoms with E-state index in [1.54, 1.807) is 12.1 Å². The van der Waals surface area contributed by atoms with Crippen LogP contribution in [0.5, 0.6) is 0 Å². The maximum atomic E-state index is 11.8. The number of benzene rings is 1. The lowest BCUT2D eigenvalue weighted by Gasteiger charge is -2.16. The lowest BCUT2D eigenvalue weighted by molar-refractivity contribution is -0.130. The number of carbonyl (C=O) groups excluding carboxylic acids is 1. The Balaban J connectivity index is 1.65. The van der Waals surface area contributed by atoms with Crippen molar-refractivity contribution in [3.05, 3.63) is 34.9 Å². The predicted molar refractivity (Wildman–Crippen MR) is 79.7 cm³/mol. The maximum Gasteiger partial charge on any atom is 0.223 e. The van der Waals surface area contributed by atoms with Crippen LogP contribution in [-0.2, 0) is 4.79 Å². The van der Waals surface area contributed by atoms with E-state index in [2.05, 4.69) is 5.32 Å². The number of hydrogen-bond donors (Lipinski definition) is 2. The molecule has 0 aliphatic carbocycles. The topological polar surface area (TPSA) is 52.6 Å². The second-order valence-corrected chi connectivity index (χ2v) is 5.55. The molecule has 0 bridgehead atoms. The summed E-state index contributed by atoms with van der Waals surface area (Å²) in [6.07, 6.45) is 2.16. The normalized spacial score (nSPS) is 16.4. The van der Waals surface area contributed by atoms with Crippen molar-refractivity contribution in [1.82, 2.24) is 10.2 Å². The Morgan fingerprint density at radius 1 is 1.30 bits per heavy atom. The predicted octanol–water partition coefficient (Wildman–Crippen LogP) is 1.98. The van der Waals surface area contributed by atoms with E-state index in [0.717, 1.165) is 31.5 Å². The average molecular weight is 297 g/mol.